The molecule has 0 amide bonds. The Morgan fingerprint density at radius 2 is 2.00 bits per heavy atom. The average molecular weight is 346 g/mol. The van der Waals surface area contributed by atoms with Gasteiger partial charge in [0.1, 0.15) is 10.6 Å². The lowest BCUT2D eigenvalue weighted by molar-refractivity contribution is 0.402. The van der Waals surface area contributed by atoms with Crippen molar-refractivity contribution >= 4 is 26.8 Å². The molecule has 0 aliphatic carbocycles. The first-order valence-electron chi connectivity index (χ1n) is 7.50. The number of anilines is 1. The van der Waals surface area contributed by atoms with E-state index in [1.165, 1.54) is 7.11 Å². The van der Waals surface area contributed by atoms with Crippen LogP contribution in [0.1, 0.15) is 18.1 Å². The highest BCUT2D eigenvalue weighted by Gasteiger charge is 2.23. The second-order valence-electron chi connectivity index (χ2n) is 5.48. The molecular weight excluding hydrogens is 328 g/mol. The SMILES string of the molecule is CCc1ccc(OC)c(S(=O)(=O)Nc2noc3ccc(C)cc23)c1. The highest BCUT2D eigenvalue weighted by atomic mass is 32.2. The van der Waals surface area contributed by atoms with Crippen LogP contribution in [0.4, 0.5) is 5.82 Å². The lowest BCUT2D eigenvalue weighted by Crippen LogP contribution is -2.15. The van der Waals surface area contributed by atoms with Gasteiger partial charge in [-0.3, -0.25) is 4.72 Å². The van der Waals surface area contributed by atoms with Crippen LogP contribution in [0.15, 0.2) is 45.8 Å². The van der Waals surface area contributed by atoms with Crippen LogP contribution in [0.25, 0.3) is 11.0 Å². The Hall–Kier alpha value is -2.54. The molecule has 0 aliphatic heterocycles. The number of aromatic nitrogens is 1. The minimum absolute atomic E-state index is 0.0770. The summed E-state index contributed by atoms with van der Waals surface area (Å²) in [6, 6.07) is 10.6. The summed E-state index contributed by atoms with van der Waals surface area (Å²) in [6.07, 6.45) is 0.721. The van der Waals surface area contributed by atoms with Gasteiger partial charge >= 0.3 is 0 Å². The van der Waals surface area contributed by atoms with E-state index in [2.05, 4.69) is 9.88 Å². The van der Waals surface area contributed by atoms with Gasteiger partial charge in [-0.05, 0) is 43.2 Å². The minimum atomic E-state index is -3.86. The van der Waals surface area contributed by atoms with Gasteiger partial charge in [0.05, 0.1) is 12.5 Å². The van der Waals surface area contributed by atoms with E-state index in [-0.39, 0.29) is 16.5 Å². The topological polar surface area (TPSA) is 81.4 Å². The molecular formula is C17H18N2O4S. The summed E-state index contributed by atoms with van der Waals surface area (Å²) >= 11 is 0. The first-order valence-corrected chi connectivity index (χ1v) is 8.98. The molecule has 0 atom stereocenters. The quantitative estimate of drug-likeness (QED) is 0.764. The number of hydrogen-bond donors (Lipinski definition) is 1. The highest BCUT2D eigenvalue weighted by Crippen LogP contribution is 2.30. The van der Waals surface area contributed by atoms with Crippen molar-refractivity contribution < 1.29 is 17.7 Å². The molecule has 126 valence electrons. The van der Waals surface area contributed by atoms with Crippen molar-refractivity contribution in [2.24, 2.45) is 0 Å². The van der Waals surface area contributed by atoms with Crippen LogP contribution in [-0.4, -0.2) is 20.7 Å². The first-order chi connectivity index (χ1) is 11.4. The standard InChI is InChI=1S/C17H18N2O4S/c1-4-12-6-8-15(22-3)16(10-12)24(20,21)19-17-13-9-11(2)5-7-14(13)23-18-17/h5-10H,4H2,1-3H3,(H,18,19). The largest absolute Gasteiger partial charge is 0.495 e. The molecule has 0 saturated carbocycles. The molecule has 2 aromatic carbocycles. The monoisotopic (exact) mass is 346 g/mol. The molecule has 1 aromatic heterocycles. The third kappa shape index (κ3) is 2.94. The summed E-state index contributed by atoms with van der Waals surface area (Å²) in [5, 5.41) is 4.45. The van der Waals surface area contributed by atoms with Crippen molar-refractivity contribution in [3.8, 4) is 5.75 Å². The van der Waals surface area contributed by atoms with Gasteiger partial charge in [-0.1, -0.05) is 29.8 Å². The Kier molecular flexibility index (Phi) is 4.19. The summed E-state index contributed by atoms with van der Waals surface area (Å²) in [6.45, 7) is 3.87. The number of sulfonamides is 1. The van der Waals surface area contributed by atoms with E-state index in [1.807, 2.05) is 32.0 Å². The third-order valence-corrected chi connectivity index (χ3v) is 5.14. The van der Waals surface area contributed by atoms with Gasteiger partial charge in [-0.25, -0.2) is 8.42 Å². The molecule has 0 unspecified atom stereocenters. The molecule has 6 nitrogen and oxygen atoms in total. The maximum absolute atomic E-state index is 12.8. The van der Waals surface area contributed by atoms with Crippen molar-refractivity contribution in [3.05, 3.63) is 47.5 Å². The van der Waals surface area contributed by atoms with Gasteiger partial charge in [0.25, 0.3) is 10.0 Å². The Morgan fingerprint density at radius 1 is 1.21 bits per heavy atom. The van der Waals surface area contributed by atoms with Gasteiger partial charge in [0.2, 0.25) is 0 Å². The van der Waals surface area contributed by atoms with Crippen molar-refractivity contribution in [2.75, 3.05) is 11.8 Å². The predicted octanol–water partition coefficient (Wildman–Crippen LogP) is 3.51. The number of benzene rings is 2. The Labute approximate surface area is 140 Å². The molecule has 0 bridgehead atoms. The van der Waals surface area contributed by atoms with E-state index in [0.717, 1.165) is 17.5 Å². The van der Waals surface area contributed by atoms with Crippen LogP contribution in [-0.2, 0) is 16.4 Å². The molecule has 0 fully saturated rings. The van der Waals surface area contributed by atoms with Crippen molar-refractivity contribution in [2.45, 2.75) is 25.2 Å². The van der Waals surface area contributed by atoms with Gasteiger partial charge in [-0.2, -0.15) is 0 Å². The summed E-state index contributed by atoms with van der Waals surface area (Å²) in [4.78, 5) is 0.0770. The van der Waals surface area contributed by atoms with E-state index < -0.39 is 10.0 Å². The summed E-state index contributed by atoms with van der Waals surface area (Å²) in [5.74, 6) is 0.446. The predicted molar refractivity (Wildman–Crippen MR) is 91.9 cm³/mol. The van der Waals surface area contributed by atoms with E-state index >= 15 is 0 Å². The zero-order chi connectivity index (χ0) is 17.3. The molecule has 24 heavy (non-hydrogen) atoms. The molecule has 1 N–H and O–H groups in total. The fraction of sp³-hybridized carbons (Fsp3) is 0.235. The summed E-state index contributed by atoms with van der Waals surface area (Å²) < 4.78 is 38.5. The van der Waals surface area contributed by atoms with Crippen molar-refractivity contribution in [1.82, 2.24) is 5.16 Å². The van der Waals surface area contributed by atoms with Crippen molar-refractivity contribution in [3.63, 3.8) is 0 Å². The van der Waals surface area contributed by atoms with Crippen molar-refractivity contribution in [1.29, 1.82) is 0 Å². The second kappa shape index (κ2) is 6.16. The lowest BCUT2D eigenvalue weighted by atomic mass is 10.2. The van der Waals surface area contributed by atoms with E-state index in [9.17, 15) is 8.42 Å². The molecule has 3 rings (SSSR count). The number of fused-ring (bicyclic) bond motifs is 1. The smallest absolute Gasteiger partial charge is 0.266 e. The Morgan fingerprint density at radius 3 is 2.71 bits per heavy atom. The lowest BCUT2D eigenvalue weighted by Gasteiger charge is -2.11. The van der Waals surface area contributed by atoms with Gasteiger partial charge in [0, 0.05) is 0 Å². The number of hydrogen-bond acceptors (Lipinski definition) is 5. The highest BCUT2D eigenvalue weighted by molar-refractivity contribution is 7.92. The van der Waals surface area contributed by atoms with Gasteiger partial charge < -0.3 is 9.26 Å². The normalized spacial score (nSPS) is 11.6. The Balaban J connectivity index is 2.06. The zero-order valence-corrected chi connectivity index (χ0v) is 14.5. The number of aryl methyl sites for hydroxylation is 2. The Bertz CT molecular complexity index is 993. The van der Waals surface area contributed by atoms with Crippen LogP contribution in [0.2, 0.25) is 0 Å². The number of methoxy groups -OCH3 is 1. The fourth-order valence-electron chi connectivity index (χ4n) is 2.46. The van der Waals surface area contributed by atoms with Crippen LogP contribution in [0, 0.1) is 6.92 Å². The summed E-state index contributed by atoms with van der Waals surface area (Å²) in [5.41, 5.74) is 2.40. The second-order valence-corrected chi connectivity index (χ2v) is 7.13. The molecule has 0 radical (unpaired) electrons. The number of nitrogens with zero attached hydrogens (tertiary/aromatic N) is 1. The molecule has 7 heteroatoms. The van der Waals surface area contributed by atoms with E-state index in [1.54, 1.807) is 18.2 Å². The van der Waals surface area contributed by atoms with Gasteiger partial charge in [-0.15, -0.1) is 0 Å². The molecule has 0 aliphatic rings. The summed E-state index contributed by atoms with van der Waals surface area (Å²) in [7, 11) is -2.42. The zero-order valence-electron chi connectivity index (χ0n) is 13.7. The number of ether oxygens (including phenoxy) is 1. The van der Waals surface area contributed by atoms with Gasteiger partial charge in [0.15, 0.2) is 11.4 Å². The van der Waals surface area contributed by atoms with Crippen LogP contribution >= 0.6 is 0 Å². The fourth-order valence-corrected chi connectivity index (χ4v) is 3.69. The first kappa shape index (κ1) is 16.3. The third-order valence-electron chi connectivity index (χ3n) is 3.78. The van der Waals surface area contributed by atoms with E-state index in [0.29, 0.717) is 11.0 Å². The van der Waals surface area contributed by atoms with Crippen LogP contribution in [0.3, 0.4) is 0 Å². The average Bonchev–Trinajstić information content (AvgIpc) is 2.95. The molecule has 0 saturated heterocycles. The maximum Gasteiger partial charge on any atom is 0.266 e. The van der Waals surface area contributed by atoms with Crippen LogP contribution in [0.5, 0.6) is 5.75 Å². The molecule has 1 heterocycles. The van der Waals surface area contributed by atoms with Crippen LogP contribution < -0.4 is 9.46 Å². The molecule has 3 aromatic rings. The van der Waals surface area contributed by atoms with E-state index in [4.69, 9.17) is 9.26 Å². The maximum atomic E-state index is 12.8. The minimum Gasteiger partial charge on any atom is -0.495 e. The number of nitrogens with one attached hydrogen (secondary N) is 1. The number of rotatable bonds is 5. The molecule has 0 spiro atoms.